The van der Waals surface area contributed by atoms with E-state index in [0.29, 0.717) is 6.04 Å². The molecule has 0 aromatic carbocycles. The Hall–Kier alpha value is -0.220. The van der Waals surface area contributed by atoms with Gasteiger partial charge < -0.3 is 5.32 Å². The molecule has 1 fully saturated rings. The number of pyridine rings is 1. The van der Waals surface area contributed by atoms with E-state index in [1.54, 1.807) is 0 Å². The quantitative estimate of drug-likeness (QED) is 0.899. The van der Waals surface area contributed by atoms with Gasteiger partial charge in [0.2, 0.25) is 0 Å². The predicted molar refractivity (Wildman–Crippen MR) is 79.9 cm³/mol. The van der Waals surface area contributed by atoms with Crippen molar-refractivity contribution in [1.29, 1.82) is 0 Å². The van der Waals surface area contributed by atoms with Crippen LogP contribution in [-0.2, 0) is 0 Å². The molecule has 0 aliphatic heterocycles. The zero-order valence-electron chi connectivity index (χ0n) is 10.4. The molecule has 0 bridgehead atoms. The van der Waals surface area contributed by atoms with Crippen molar-refractivity contribution >= 4 is 33.5 Å². The number of nitrogens with one attached hydrogen (secondary N) is 1. The van der Waals surface area contributed by atoms with Crippen molar-refractivity contribution < 1.29 is 0 Å². The van der Waals surface area contributed by atoms with Gasteiger partial charge in [-0.05, 0) is 53.1 Å². The lowest BCUT2D eigenvalue weighted by atomic mass is 10.2. The third kappa shape index (κ3) is 3.38. The Morgan fingerprint density at radius 1 is 1.53 bits per heavy atom. The van der Waals surface area contributed by atoms with Gasteiger partial charge in [0, 0.05) is 22.0 Å². The van der Waals surface area contributed by atoms with Crippen molar-refractivity contribution in [1.82, 2.24) is 4.98 Å². The third-order valence-electron chi connectivity index (χ3n) is 3.21. The molecular weight excluding hydrogens is 296 g/mol. The highest BCUT2D eigenvalue weighted by Gasteiger charge is 2.27. The molecule has 2 atom stereocenters. The summed E-state index contributed by atoms with van der Waals surface area (Å²) in [6.45, 7) is 4.34. The van der Waals surface area contributed by atoms with Crippen molar-refractivity contribution in [2.24, 2.45) is 0 Å². The number of hydrogen-bond donors (Lipinski definition) is 1. The molecule has 1 aromatic rings. The van der Waals surface area contributed by atoms with Crippen LogP contribution in [0, 0.1) is 6.92 Å². The van der Waals surface area contributed by atoms with Crippen LogP contribution in [0.2, 0.25) is 0 Å². The largest absolute Gasteiger partial charge is 0.366 e. The van der Waals surface area contributed by atoms with E-state index < -0.39 is 0 Å². The third-order valence-corrected chi connectivity index (χ3v) is 5.37. The zero-order valence-corrected chi connectivity index (χ0v) is 12.8. The highest BCUT2D eigenvalue weighted by atomic mass is 79.9. The van der Waals surface area contributed by atoms with E-state index in [0.717, 1.165) is 15.5 Å². The Kier molecular flexibility index (Phi) is 4.74. The van der Waals surface area contributed by atoms with E-state index in [2.05, 4.69) is 57.9 Å². The molecule has 0 saturated heterocycles. The summed E-state index contributed by atoms with van der Waals surface area (Å²) in [5.41, 5.74) is 1.24. The molecule has 1 N–H and O–H groups in total. The van der Waals surface area contributed by atoms with Gasteiger partial charge in [-0.2, -0.15) is 11.8 Å². The Morgan fingerprint density at radius 2 is 2.35 bits per heavy atom. The molecule has 1 heterocycles. The fourth-order valence-electron chi connectivity index (χ4n) is 2.31. The first-order valence-electron chi connectivity index (χ1n) is 6.21. The van der Waals surface area contributed by atoms with E-state index >= 15 is 0 Å². The van der Waals surface area contributed by atoms with Crippen LogP contribution in [-0.4, -0.2) is 22.0 Å². The number of anilines is 1. The second kappa shape index (κ2) is 6.10. The molecule has 2 rings (SSSR count). The SMILES string of the molecule is CCSC1CCCC1Nc1cc(C)c(Br)cn1. The van der Waals surface area contributed by atoms with E-state index in [9.17, 15) is 0 Å². The molecule has 0 spiro atoms. The minimum atomic E-state index is 0.591. The zero-order chi connectivity index (χ0) is 12.3. The average Bonchev–Trinajstić information content (AvgIpc) is 2.72. The molecule has 0 radical (unpaired) electrons. The van der Waals surface area contributed by atoms with Crippen molar-refractivity contribution in [2.45, 2.75) is 44.4 Å². The number of hydrogen-bond acceptors (Lipinski definition) is 3. The van der Waals surface area contributed by atoms with Crippen LogP contribution in [0.15, 0.2) is 16.7 Å². The number of aromatic nitrogens is 1. The minimum absolute atomic E-state index is 0.591. The summed E-state index contributed by atoms with van der Waals surface area (Å²) in [5, 5.41) is 4.35. The van der Waals surface area contributed by atoms with Gasteiger partial charge in [0.05, 0.1) is 0 Å². The second-order valence-corrected chi connectivity index (χ2v) is 6.86. The van der Waals surface area contributed by atoms with Crippen molar-refractivity contribution in [2.75, 3.05) is 11.1 Å². The molecule has 1 aliphatic rings. The number of rotatable bonds is 4. The summed E-state index contributed by atoms with van der Waals surface area (Å²) in [4.78, 5) is 4.43. The van der Waals surface area contributed by atoms with E-state index in [1.165, 1.54) is 30.6 Å². The van der Waals surface area contributed by atoms with Crippen LogP contribution in [0.1, 0.15) is 31.7 Å². The van der Waals surface area contributed by atoms with E-state index in [4.69, 9.17) is 0 Å². The average molecular weight is 315 g/mol. The fraction of sp³-hybridized carbons (Fsp3) is 0.615. The molecule has 0 amide bonds. The normalized spacial score (nSPS) is 23.9. The van der Waals surface area contributed by atoms with Gasteiger partial charge in [0.1, 0.15) is 5.82 Å². The predicted octanol–water partition coefficient (Wildman–Crippen LogP) is 4.24. The topological polar surface area (TPSA) is 24.9 Å². The second-order valence-electron chi connectivity index (χ2n) is 4.49. The maximum absolute atomic E-state index is 4.43. The van der Waals surface area contributed by atoms with Crippen LogP contribution in [0.3, 0.4) is 0 Å². The summed E-state index contributed by atoms with van der Waals surface area (Å²) < 4.78 is 1.08. The summed E-state index contributed by atoms with van der Waals surface area (Å²) in [7, 11) is 0. The Balaban J connectivity index is 2.02. The van der Waals surface area contributed by atoms with Crippen molar-refractivity contribution in [3.05, 3.63) is 22.3 Å². The number of thioether (sulfide) groups is 1. The highest BCUT2D eigenvalue weighted by molar-refractivity contribution is 9.10. The van der Waals surface area contributed by atoms with Gasteiger partial charge >= 0.3 is 0 Å². The lowest BCUT2D eigenvalue weighted by molar-refractivity contribution is 0.762. The van der Waals surface area contributed by atoms with Crippen molar-refractivity contribution in [3.63, 3.8) is 0 Å². The van der Waals surface area contributed by atoms with E-state index in [-0.39, 0.29) is 0 Å². The van der Waals surface area contributed by atoms with Crippen LogP contribution in [0.4, 0.5) is 5.82 Å². The van der Waals surface area contributed by atoms with Crippen LogP contribution in [0.25, 0.3) is 0 Å². The summed E-state index contributed by atoms with van der Waals surface area (Å²) in [6, 6.07) is 2.71. The maximum Gasteiger partial charge on any atom is 0.126 e. The summed E-state index contributed by atoms with van der Waals surface area (Å²) in [6.07, 6.45) is 5.83. The Labute approximate surface area is 116 Å². The molecule has 1 saturated carbocycles. The van der Waals surface area contributed by atoms with E-state index in [1.807, 2.05) is 6.20 Å². The molecular formula is C13H19BrN2S. The molecule has 1 aromatic heterocycles. The lowest BCUT2D eigenvalue weighted by Crippen LogP contribution is -2.26. The van der Waals surface area contributed by atoms with Gasteiger partial charge in [0.25, 0.3) is 0 Å². The molecule has 2 nitrogen and oxygen atoms in total. The molecule has 2 unspecified atom stereocenters. The van der Waals surface area contributed by atoms with Crippen LogP contribution in [0.5, 0.6) is 0 Å². The first kappa shape index (κ1) is 13.2. The van der Waals surface area contributed by atoms with Crippen molar-refractivity contribution in [3.8, 4) is 0 Å². The number of aryl methyl sites for hydroxylation is 1. The van der Waals surface area contributed by atoms with Gasteiger partial charge in [-0.25, -0.2) is 4.98 Å². The Morgan fingerprint density at radius 3 is 3.06 bits per heavy atom. The number of halogens is 1. The van der Waals surface area contributed by atoms with Gasteiger partial charge in [0.15, 0.2) is 0 Å². The molecule has 4 heteroatoms. The Bertz CT molecular complexity index is 384. The first-order chi connectivity index (χ1) is 8.20. The minimum Gasteiger partial charge on any atom is -0.366 e. The monoisotopic (exact) mass is 314 g/mol. The fourth-order valence-corrected chi connectivity index (χ4v) is 3.73. The summed E-state index contributed by atoms with van der Waals surface area (Å²) in [5.74, 6) is 2.22. The van der Waals surface area contributed by atoms with Gasteiger partial charge in [-0.15, -0.1) is 0 Å². The smallest absolute Gasteiger partial charge is 0.126 e. The summed E-state index contributed by atoms with van der Waals surface area (Å²) >= 11 is 5.56. The molecule has 94 valence electrons. The molecule has 17 heavy (non-hydrogen) atoms. The molecule has 1 aliphatic carbocycles. The first-order valence-corrected chi connectivity index (χ1v) is 8.05. The standard InChI is InChI=1S/C13H19BrN2S/c1-3-17-12-6-4-5-11(12)16-13-7-9(2)10(14)8-15-13/h7-8,11-12H,3-6H2,1-2H3,(H,15,16). The highest BCUT2D eigenvalue weighted by Crippen LogP contribution is 2.32. The lowest BCUT2D eigenvalue weighted by Gasteiger charge is -2.20. The van der Waals surface area contributed by atoms with Gasteiger partial charge in [-0.3, -0.25) is 0 Å². The van der Waals surface area contributed by atoms with Gasteiger partial charge in [-0.1, -0.05) is 13.3 Å². The number of nitrogens with zero attached hydrogens (tertiary/aromatic N) is 1. The van der Waals surface area contributed by atoms with Crippen LogP contribution < -0.4 is 5.32 Å². The van der Waals surface area contributed by atoms with Crippen LogP contribution >= 0.6 is 27.7 Å². The maximum atomic E-state index is 4.43.